The van der Waals surface area contributed by atoms with Crippen LogP contribution in [0.25, 0.3) is 0 Å². The van der Waals surface area contributed by atoms with Crippen molar-refractivity contribution in [2.24, 2.45) is 0 Å². The Morgan fingerprint density at radius 3 is 2.33 bits per heavy atom. The molecule has 0 aliphatic carbocycles. The van der Waals surface area contributed by atoms with Crippen molar-refractivity contribution in [1.29, 1.82) is 5.26 Å². The number of benzene rings is 2. The third kappa shape index (κ3) is 3.37. The van der Waals surface area contributed by atoms with Gasteiger partial charge < -0.3 is 9.47 Å². The minimum atomic E-state index is -0.915. The smallest absolute Gasteiger partial charge is 0.343 e. The molecule has 1 aliphatic rings. The average Bonchev–Trinajstić information content (AvgIpc) is 2.93. The SMILES string of the molecule is COc1ccc(CN2C(=O)c3ccccc3C2=O)cc1C(=O)O[C@@H](C)C#N. The Labute approximate surface area is 155 Å². The van der Waals surface area contributed by atoms with Gasteiger partial charge in [0.15, 0.2) is 6.10 Å². The van der Waals surface area contributed by atoms with Gasteiger partial charge in [-0.05, 0) is 36.8 Å². The molecule has 1 atom stereocenters. The fraction of sp³-hybridized carbons (Fsp3) is 0.200. The fourth-order valence-corrected chi connectivity index (χ4v) is 2.83. The number of methoxy groups -OCH3 is 1. The highest BCUT2D eigenvalue weighted by Gasteiger charge is 2.35. The number of carbonyl (C=O) groups is 3. The Morgan fingerprint density at radius 1 is 1.15 bits per heavy atom. The van der Waals surface area contributed by atoms with E-state index in [0.717, 1.165) is 4.90 Å². The average molecular weight is 364 g/mol. The number of carbonyl (C=O) groups excluding carboxylic acids is 3. The van der Waals surface area contributed by atoms with E-state index in [4.69, 9.17) is 14.7 Å². The highest BCUT2D eigenvalue weighted by Crippen LogP contribution is 2.26. The van der Waals surface area contributed by atoms with E-state index in [1.165, 1.54) is 20.1 Å². The van der Waals surface area contributed by atoms with Crippen molar-refractivity contribution in [3.05, 3.63) is 64.7 Å². The van der Waals surface area contributed by atoms with Crippen molar-refractivity contribution in [3.8, 4) is 11.8 Å². The number of imide groups is 1. The van der Waals surface area contributed by atoms with Gasteiger partial charge in [-0.2, -0.15) is 5.26 Å². The van der Waals surface area contributed by atoms with E-state index in [-0.39, 0.29) is 29.7 Å². The Bertz CT molecular complexity index is 942. The number of esters is 1. The van der Waals surface area contributed by atoms with Crippen LogP contribution in [0.15, 0.2) is 42.5 Å². The zero-order chi connectivity index (χ0) is 19.6. The van der Waals surface area contributed by atoms with E-state index < -0.39 is 12.1 Å². The van der Waals surface area contributed by atoms with Crippen LogP contribution in [-0.2, 0) is 11.3 Å². The van der Waals surface area contributed by atoms with Gasteiger partial charge in [0.1, 0.15) is 17.4 Å². The van der Waals surface area contributed by atoms with Crippen LogP contribution >= 0.6 is 0 Å². The zero-order valence-corrected chi connectivity index (χ0v) is 14.8. The van der Waals surface area contributed by atoms with Crippen LogP contribution in [0, 0.1) is 11.3 Å². The number of rotatable bonds is 5. The third-order valence-corrected chi connectivity index (χ3v) is 4.17. The van der Waals surface area contributed by atoms with Gasteiger partial charge in [0.2, 0.25) is 0 Å². The summed E-state index contributed by atoms with van der Waals surface area (Å²) in [5.41, 5.74) is 1.40. The Kier molecular flexibility index (Phi) is 4.90. The monoisotopic (exact) mass is 364 g/mol. The number of hydrogen-bond acceptors (Lipinski definition) is 6. The number of nitrogens with zero attached hydrogens (tertiary/aromatic N) is 2. The van der Waals surface area contributed by atoms with Gasteiger partial charge in [0.05, 0.1) is 24.8 Å². The lowest BCUT2D eigenvalue weighted by molar-refractivity contribution is 0.0431. The van der Waals surface area contributed by atoms with E-state index in [1.807, 2.05) is 6.07 Å². The predicted octanol–water partition coefficient (Wildman–Crippen LogP) is 2.56. The van der Waals surface area contributed by atoms with Crippen LogP contribution in [0.2, 0.25) is 0 Å². The van der Waals surface area contributed by atoms with Crippen LogP contribution in [-0.4, -0.2) is 35.9 Å². The zero-order valence-electron chi connectivity index (χ0n) is 14.8. The second-order valence-corrected chi connectivity index (χ2v) is 5.95. The molecule has 0 saturated carbocycles. The largest absolute Gasteiger partial charge is 0.496 e. The molecule has 0 unspecified atom stereocenters. The Hall–Kier alpha value is -3.66. The summed E-state index contributed by atoms with van der Waals surface area (Å²) in [7, 11) is 1.41. The van der Waals surface area contributed by atoms with E-state index in [2.05, 4.69) is 0 Å². The first kappa shape index (κ1) is 18.1. The Morgan fingerprint density at radius 2 is 1.78 bits per heavy atom. The van der Waals surface area contributed by atoms with Crippen molar-refractivity contribution < 1.29 is 23.9 Å². The first-order valence-corrected chi connectivity index (χ1v) is 8.19. The third-order valence-electron chi connectivity index (χ3n) is 4.17. The molecule has 0 aromatic heterocycles. The highest BCUT2D eigenvalue weighted by molar-refractivity contribution is 6.21. The fourth-order valence-electron chi connectivity index (χ4n) is 2.83. The standard InChI is InChI=1S/C20H16N2O5/c1-12(10-21)27-20(25)16-9-13(7-8-17(16)26-2)11-22-18(23)14-5-3-4-6-15(14)19(22)24/h3-9,12H,11H2,1-2H3/t12-/m0/s1. The van der Waals surface area contributed by atoms with Crippen LogP contribution in [0.4, 0.5) is 0 Å². The van der Waals surface area contributed by atoms with Gasteiger partial charge in [0, 0.05) is 0 Å². The lowest BCUT2D eigenvalue weighted by Crippen LogP contribution is -2.29. The second-order valence-electron chi connectivity index (χ2n) is 5.95. The molecule has 0 N–H and O–H groups in total. The molecular weight excluding hydrogens is 348 g/mol. The number of nitriles is 1. The first-order valence-electron chi connectivity index (χ1n) is 8.19. The lowest BCUT2D eigenvalue weighted by Gasteiger charge is -2.16. The Balaban J connectivity index is 1.88. The van der Waals surface area contributed by atoms with Crippen LogP contribution in [0.5, 0.6) is 5.75 Å². The molecule has 1 heterocycles. The summed E-state index contributed by atoms with van der Waals surface area (Å²) in [5.74, 6) is -1.20. The summed E-state index contributed by atoms with van der Waals surface area (Å²) in [6.45, 7) is 1.46. The van der Waals surface area contributed by atoms with Gasteiger partial charge in [-0.3, -0.25) is 14.5 Å². The topological polar surface area (TPSA) is 96.7 Å². The van der Waals surface area contributed by atoms with Crippen molar-refractivity contribution in [2.75, 3.05) is 7.11 Å². The normalized spacial score (nSPS) is 13.7. The molecule has 1 aliphatic heterocycles. The maximum absolute atomic E-state index is 12.5. The van der Waals surface area contributed by atoms with Gasteiger partial charge in [-0.1, -0.05) is 18.2 Å². The van der Waals surface area contributed by atoms with Crippen molar-refractivity contribution in [1.82, 2.24) is 4.90 Å². The molecule has 2 aromatic rings. The summed E-state index contributed by atoms with van der Waals surface area (Å²) in [4.78, 5) is 38.4. The maximum atomic E-state index is 12.5. The first-order chi connectivity index (χ1) is 13.0. The molecule has 0 spiro atoms. The maximum Gasteiger partial charge on any atom is 0.343 e. The van der Waals surface area contributed by atoms with E-state index in [1.54, 1.807) is 36.4 Å². The highest BCUT2D eigenvalue weighted by atomic mass is 16.5. The lowest BCUT2D eigenvalue weighted by atomic mass is 10.1. The molecule has 0 fully saturated rings. The summed E-state index contributed by atoms with van der Waals surface area (Å²) in [5, 5.41) is 8.81. The second kappa shape index (κ2) is 7.30. The van der Waals surface area contributed by atoms with E-state index in [0.29, 0.717) is 16.7 Å². The summed E-state index contributed by atoms with van der Waals surface area (Å²) in [6, 6.07) is 13.1. The molecule has 7 nitrogen and oxygen atoms in total. The minimum Gasteiger partial charge on any atom is -0.496 e. The van der Waals surface area contributed by atoms with Gasteiger partial charge in [-0.15, -0.1) is 0 Å². The molecule has 136 valence electrons. The number of ether oxygens (including phenoxy) is 2. The van der Waals surface area contributed by atoms with Crippen LogP contribution in [0.1, 0.15) is 43.6 Å². The van der Waals surface area contributed by atoms with Gasteiger partial charge >= 0.3 is 5.97 Å². The van der Waals surface area contributed by atoms with Crippen molar-refractivity contribution in [3.63, 3.8) is 0 Å². The van der Waals surface area contributed by atoms with Crippen LogP contribution in [0.3, 0.4) is 0 Å². The van der Waals surface area contributed by atoms with Crippen molar-refractivity contribution >= 4 is 17.8 Å². The summed E-state index contributed by atoms with van der Waals surface area (Å²) < 4.78 is 10.2. The number of fused-ring (bicyclic) bond motifs is 1. The number of hydrogen-bond donors (Lipinski definition) is 0. The molecule has 27 heavy (non-hydrogen) atoms. The molecule has 7 heteroatoms. The molecule has 3 rings (SSSR count). The molecule has 2 aromatic carbocycles. The molecule has 0 radical (unpaired) electrons. The molecule has 2 amide bonds. The van der Waals surface area contributed by atoms with Gasteiger partial charge in [0.25, 0.3) is 11.8 Å². The minimum absolute atomic E-state index is 0.00439. The number of amides is 2. The molecule has 0 bridgehead atoms. The van der Waals surface area contributed by atoms with Crippen molar-refractivity contribution in [2.45, 2.75) is 19.6 Å². The predicted molar refractivity (Wildman–Crippen MR) is 94.1 cm³/mol. The van der Waals surface area contributed by atoms with E-state index >= 15 is 0 Å². The summed E-state index contributed by atoms with van der Waals surface area (Å²) >= 11 is 0. The quantitative estimate of drug-likeness (QED) is 0.597. The molecular formula is C20H16N2O5. The summed E-state index contributed by atoms with van der Waals surface area (Å²) in [6.07, 6.45) is -0.915. The van der Waals surface area contributed by atoms with Gasteiger partial charge in [-0.25, -0.2) is 4.79 Å². The van der Waals surface area contributed by atoms with Crippen LogP contribution < -0.4 is 4.74 Å². The van der Waals surface area contributed by atoms with E-state index in [9.17, 15) is 14.4 Å². The molecule has 0 saturated heterocycles.